The van der Waals surface area contributed by atoms with E-state index in [9.17, 15) is 9.59 Å². The van der Waals surface area contributed by atoms with Crippen molar-refractivity contribution < 1.29 is 18.7 Å². The number of nitrogens with one attached hydrogen (secondary N) is 1. The monoisotopic (exact) mass is 351 g/mol. The molecular weight excluding hydrogens is 338 g/mol. The second-order valence-electron chi connectivity index (χ2n) is 5.53. The molecule has 2 aromatic heterocycles. The first-order valence-electron chi connectivity index (χ1n) is 7.76. The average molecular weight is 351 g/mol. The number of hydrogen-bond acceptors (Lipinski definition) is 7. The number of carbonyl (C=O) groups excluding carboxylic acids is 2. The van der Waals surface area contributed by atoms with Crippen LogP contribution >= 0.6 is 0 Å². The Hall–Kier alpha value is -3.75. The van der Waals surface area contributed by atoms with Crippen molar-refractivity contribution in [1.82, 2.24) is 20.2 Å². The second-order valence-corrected chi connectivity index (χ2v) is 5.53. The molecule has 4 aromatic rings. The highest BCUT2D eigenvalue weighted by Crippen LogP contribution is 2.30. The molecule has 2 heterocycles. The van der Waals surface area contributed by atoms with Crippen molar-refractivity contribution >= 4 is 39.5 Å². The normalized spacial score (nSPS) is 10.9. The van der Waals surface area contributed by atoms with E-state index in [0.717, 1.165) is 21.9 Å². The summed E-state index contributed by atoms with van der Waals surface area (Å²) in [4.78, 5) is 23.6. The summed E-state index contributed by atoms with van der Waals surface area (Å²) in [7, 11) is 0. The molecule has 0 spiro atoms. The van der Waals surface area contributed by atoms with Gasteiger partial charge < -0.3 is 14.5 Å². The van der Waals surface area contributed by atoms with E-state index in [4.69, 9.17) is 9.15 Å². The summed E-state index contributed by atoms with van der Waals surface area (Å²) in [6, 6.07) is 13.0. The first-order chi connectivity index (χ1) is 12.7. The van der Waals surface area contributed by atoms with Gasteiger partial charge in [0.05, 0.1) is 0 Å². The molecule has 9 nitrogen and oxygen atoms in total. The number of benzene rings is 2. The fourth-order valence-corrected chi connectivity index (χ4v) is 2.58. The Morgan fingerprint density at radius 2 is 1.96 bits per heavy atom. The van der Waals surface area contributed by atoms with Crippen LogP contribution in [0.2, 0.25) is 0 Å². The van der Waals surface area contributed by atoms with Crippen molar-refractivity contribution in [1.29, 1.82) is 0 Å². The number of ether oxygens (including phenoxy) is 1. The lowest BCUT2D eigenvalue weighted by Gasteiger charge is -2.06. The van der Waals surface area contributed by atoms with Crippen LogP contribution in [0.3, 0.4) is 0 Å². The number of aromatic nitrogens is 4. The van der Waals surface area contributed by atoms with Crippen LogP contribution in [0.1, 0.15) is 0 Å². The maximum absolute atomic E-state index is 12.0. The molecule has 0 aliphatic heterocycles. The van der Waals surface area contributed by atoms with E-state index < -0.39 is 18.5 Å². The smallest absolute Gasteiger partial charge is 0.328 e. The Labute approximate surface area is 146 Å². The summed E-state index contributed by atoms with van der Waals surface area (Å²) in [5.41, 5.74) is 2.10. The van der Waals surface area contributed by atoms with Crippen LogP contribution < -0.4 is 5.32 Å². The zero-order valence-corrected chi connectivity index (χ0v) is 13.5. The van der Waals surface area contributed by atoms with E-state index in [-0.39, 0.29) is 6.54 Å². The minimum atomic E-state index is -0.608. The zero-order valence-electron chi connectivity index (χ0n) is 13.5. The first kappa shape index (κ1) is 15.8. The number of amides is 1. The maximum Gasteiger partial charge on any atom is 0.328 e. The molecule has 0 saturated heterocycles. The van der Waals surface area contributed by atoms with Gasteiger partial charge in [0.2, 0.25) is 0 Å². The zero-order chi connectivity index (χ0) is 17.9. The third-order valence-electron chi connectivity index (χ3n) is 3.71. The van der Waals surface area contributed by atoms with Crippen LogP contribution in [-0.4, -0.2) is 38.7 Å². The SMILES string of the molecule is O=C(COC(=O)Cn1cnnn1)Nc1ccc2oc3ccccc3c2c1. The van der Waals surface area contributed by atoms with E-state index in [2.05, 4.69) is 20.8 Å². The van der Waals surface area contributed by atoms with Crippen LogP contribution in [-0.2, 0) is 20.9 Å². The average Bonchev–Trinajstić information content (AvgIpc) is 3.27. The minimum absolute atomic E-state index is 0.159. The molecule has 0 radical (unpaired) electrons. The molecule has 2 aromatic carbocycles. The fourth-order valence-electron chi connectivity index (χ4n) is 2.58. The van der Waals surface area contributed by atoms with Crippen molar-refractivity contribution in [2.75, 3.05) is 11.9 Å². The molecule has 1 N–H and O–H groups in total. The van der Waals surface area contributed by atoms with Crippen molar-refractivity contribution in [2.24, 2.45) is 0 Å². The number of furan rings is 1. The van der Waals surface area contributed by atoms with Gasteiger partial charge in [-0.2, -0.15) is 0 Å². The molecule has 4 rings (SSSR count). The number of rotatable bonds is 5. The van der Waals surface area contributed by atoms with Crippen LogP contribution in [0.5, 0.6) is 0 Å². The second kappa shape index (κ2) is 6.63. The van der Waals surface area contributed by atoms with Crippen molar-refractivity contribution in [3.05, 3.63) is 48.8 Å². The third-order valence-corrected chi connectivity index (χ3v) is 3.71. The number of nitrogens with zero attached hydrogens (tertiary/aromatic N) is 4. The van der Waals surface area contributed by atoms with Gasteiger partial charge in [0.1, 0.15) is 24.0 Å². The van der Waals surface area contributed by atoms with E-state index in [0.29, 0.717) is 5.69 Å². The Morgan fingerprint density at radius 1 is 1.12 bits per heavy atom. The molecule has 0 fully saturated rings. The van der Waals surface area contributed by atoms with E-state index in [1.165, 1.54) is 11.0 Å². The Morgan fingerprint density at radius 3 is 2.81 bits per heavy atom. The van der Waals surface area contributed by atoms with Crippen LogP contribution in [0.4, 0.5) is 5.69 Å². The molecule has 0 saturated carbocycles. The third kappa shape index (κ3) is 3.22. The van der Waals surface area contributed by atoms with E-state index in [1.807, 2.05) is 30.3 Å². The molecule has 26 heavy (non-hydrogen) atoms. The van der Waals surface area contributed by atoms with Gasteiger partial charge in [0.25, 0.3) is 5.91 Å². The standard InChI is InChI=1S/C17H13N5O4/c23-16(9-25-17(24)8-22-10-18-20-21-22)19-11-5-6-15-13(7-11)12-3-1-2-4-14(12)26-15/h1-7,10H,8-9H2,(H,19,23). The summed E-state index contributed by atoms with van der Waals surface area (Å²) in [6.45, 7) is -0.557. The Kier molecular flexibility index (Phi) is 4.02. The topological polar surface area (TPSA) is 112 Å². The van der Waals surface area contributed by atoms with Gasteiger partial charge in [0.15, 0.2) is 6.61 Å². The summed E-state index contributed by atoms with van der Waals surface area (Å²) in [6.07, 6.45) is 1.28. The quantitative estimate of drug-likeness (QED) is 0.545. The van der Waals surface area contributed by atoms with Crippen molar-refractivity contribution in [3.8, 4) is 0 Å². The molecule has 0 unspecified atom stereocenters. The number of anilines is 1. The van der Waals surface area contributed by atoms with Crippen LogP contribution in [0.15, 0.2) is 53.2 Å². The van der Waals surface area contributed by atoms with Crippen LogP contribution in [0, 0.1) is 0 Å². The van der Waals surface area contributed by atoms with E-state index in [1.54, 1.807) is 12.1 Å². The number of hydrogen-bond donors (Lipinski definition) is 1. The molecule has 0 atom stereocenters. The number of tetrazole rings is 1. The summed E-state index contributed by atoms with van der Waals surface area (Å²) in [5, 5.41) is 14.9. The molecule has 0 bridgehead atoms. The molecular formula is C17H13N5O4. The lowest BCUT2D eigenvalue weighted by Crippen LogP contribution is -2.23. The van der Waals surface area contributed by atoms with Gasteiger partial charge in [-0.3, -0.25) is 9.59 Å². The summed E-state index contributed by atoms with van der Waals surface area (Å²) < 4.78 is 11.9. The highest BCUT2D eigenvalue weighted by atomic mass is 16.5. The summed E-state index contributed by atoms with van der Waals surface area (Å²) in [5.74, 6) is -1.05. The Bertz CT molecular complexity index is 1090. The van der Waals surface area contributed by atoms with Crippen molar-refractivity contribution in [3.63, 3.8) is 0 Å². The van der Waals surface area contributed by atoms with Gasteiger partial charge in [-0.25, -0.2) is 4.68 Å². The lowest BCUT2D eigenvalue weighted by atomic mass is 10.1. The predicted octanol–water partition coefficient (Wildman–Crippen LogP) is 1.75. The van der Waals surface area contributed by atoms with Gasteiger partial charge in [-0.1, -0.05) is 18.2 Å². The predicted molar refractivity (Wildman–Crippen MR) is 91.1 cm³/mol. The number of fused-ring (bicyclic) bond motifs is 3. The minimum Gasteiger partial charge on any atom is -0.456 e. The lowest BCUT2D eigenvalue weighted by molar-refractivity contribution is -0.148. The number of para-hydroxylation sites is 1. The largest absolute Gasteiger partial charge is 0.456 e. The fraction of sp³-hybridized carbons (Fsp3) is 0.118. The van der Waals surface area contributed by atoms with E-state index >= 15 is 0 Å². The Balaban J connectivity index is 1.41. The van der Waals surface area contributed by atoms with Gasteiger partial charge in [-0.05, 0) is 34.7 Å². The van der Waals surface area contributed by atoms with Gasteiger partial charge >= 0.3 is 5.97 Å². The van der Waals surface area contributed by atoms with Gasteiger partial charge in [-0.15, -0.1) is 5.10 Å². The molecule has 0 aliphatic rings. The van der Waals surface area contributed by atoms with Crippen molar-refractivity contribution in [2.45, 2.75) is 6.54 Å². The van der Waals surface area contributed by atoms with Gasteiger partial charge in [0, 0.05) is 16.5 Å². The molecule has 130 valence electrons. The first-order valence-corrected chi connectivity index (χ1v) is 7.76. The van der Waals surface area contributed by atoms with Crippen LogP contribution in [0.25, 0.3) is 21.9 Å². The summed E-state index contributed by atoms with van der Waals surface area (Å²) >= 11 is 0. The highest BCUT2D eigenvalue weighted by Gasteiger charge is 2.11. The molecule has 1 amide bonds. The number of carbonyl (C=O) groups is 2. The number of esters is 1. The molecule has 0 aliphatic carbocycles. The maximum atomic E-state index is 12.0. The molecule has 9 heteroatoms. The highest BCUT2D eigenvalue weighted by molar-refractivity contribution is 6.07.